The fourth-order valence-electron chi connectivity index (χ4n) is 9.53. The molecular formula is C60H38N8. The maximum Gasteiger partial charge on any atom is 0.166 e. The molecule has 0 atom stereocenters. The second kappa shape index (κ2) is 16.2. The van der Waals surface area contributed by atoms with Crippen LogP contribution in [0.15, 0.2) is 231 Å². The van der Waals surface area contributed by atoms with Crippen molar-refractivity contribution in [2.24, 2.45) is 0 Å². The summed E-state index contributed by atoms with van der Waals surface area (Å²) in [5.74, 6) is 3.34. The van der Waals surface area contributed by atoms with Gasteiger partial charge in [-0.25, -0.2) is 29.9 Å². The minimum Gasteiger partial charge on any atom is -0.309 e. The molecule has 13 aromatic rings. The molecule has 0 aliphatic heterocycles. The van der Waals surface area contributed by atoms with Crippen LogP contribution in [0, 0.1) is 0 Å². The van der Waals surface area contributed by atoms with Gasteiger partial charge < -0.3 is 9.13 Å². The number of aromatic nitrogens is 8. The normalized spacial score (nSPS) is 11.5. The van der Waals surface area contributed by atoms with Gasteiger partial charge in [-0.05, 0) is 48.5 Å². The molecule has 0 saturated heterocycles. The van der Waals surface area contributed by atoms with Crippen molar-refractivity contribution >= 4 is 43.6 Å². The van der Waals surface area contributed by atoms with Gasteiger partial charge in [0, 0.05) is 60.6 Å². The maximum atomic E-state index is 5.36. The highest BCUT2D eigenvalue weighted by atomic mass is 15.1. The molecule has 68 heavy (non-hydrogen) atoms. The van der Waals surface area contributed by atoms with E-state index in [4.69, 9.17) is 29.9 Å². The van der Waals surface area contributed by atoms with E-state index < -0.39 is 0 Å². The van der Waals surface area contributed by atoms with Crippen molar-refractivity contribution < 1.29 is 0 Å². The molecule has 8 nitrogen and oxygen atoms in total. The van der Waals surface area contributed by atoms with E-state index in [1.807, 2.05) is 121 Å². The smallest absolute Gasteiger partial charge is 0.166 e. The number of para-hydroxylation sites is 3. The molecule has 0 unspecified atom stereocenters. The predicted molar refractivity (Wildman–Crippen MR) is 275 cm³/mol. The molecule has 0 aliphatic carbocycles. The summed E-state index contributed by atoms with van der Waals surface area (Å²) in [6, 6.07) is 79.3. The average Bonchev–Trinajstić information content (AvgIpc) is 3.94. The molecule has 13 rings (SSSR count). The highest BCUT2D eigenvalue weighted by Gasteiger charge is 2.25. The Morgan fingerprint density at radius 3 is 1.19 bits per heavy atom. The third-order valence-corrected chi connectivity index (χ3v) is 12.6. The van der Waals surface area contributed by atoms with Gasteiger partial charge in [-0.2, -0.15) is 0 Å². The Labute approximate surface area is 391 Å². The zero-order chi connectivity index (χ0) is 45.0. The lowest BCUT2D eigenvalue weighted by Gasteiger charge is -2.17. The summed E-state index contributed by atoms with van der Waals surface area (Å²) in [6.45, 7) is 0. The lowest BCUT2D eigenvalue weighted by molar-refractivity contribution is 1.06. The molecule has 0 fully saturated rings. The van der Waals surface area contributed by atoms with Gasteiger partial charge in [-0.1, -0.05) is 182 Å². The Balaban J connectivity index is 1.15. The SMILES string of the molecule is c1ccc(-c2nc(-c3ccccc3)nc(-c3ccc(-n4c5ccccc5c5ccc6c(c7ccccc7n6-c6ccccc6)c54)c(-c4nc(-c5ccccc5)nc(-c5ccccc5)n4)c3)n2)cc1. The first kappa shape index (κ1) is 39.0. The number of hydrogen-bond donors (Lipinski definition) is 0. The van der Waals surface area contributed by atoms with Gasteiger partial charge in [-0.15, -0.1) is 0 Å². The first-order valence-electron chi connectivity index (χ1n) is 22.6. The summed E-state index contributed by atoms with van der Waals surface area (Å²) in [5.41, 5.74) is 11.5. The summed E-state index contributed by atoms with van der Waals surface area (Å²) >= 11 is 0. The lowest BCUT2D eigenvalue weighted by Crippen LogP contribution is -2.05. The molecule has 0 aliphatic rings. The summed E-state index contributed by atoms with van der Waals surface area (Å²) in [6.07, 6.45) is 0. The third-order valence-electron chi connectivity index (χ3n) is 12.6. The molecule has 9 aromatic carbocycles. The molecule has 0 bridgehead atoms. The van der Waals surface area contributed by atoms with Crippen LogP contribution in [0.1, 0.15) is 0 Å². The average molecular weight is 871 g/mol. The Morgan fingerprint density at radius 1 is 0.265 bits per heavy atom. The van der Waals surface area contributed by atoms with E-state index in [9.17, 15) is 0 Å². The molecule has 0 radical (unpaired) electrons. The molecule has 4 heterocycles. The van der Waals surface area contributed by atoms with Crippen LogP contribution in [0.5, 0.6) is 0 Å². The van der Waals surface area contributed by atoms with Gasteiger partial charge in [0.15, 0.2) is 34.9 Å². The van der Waals surface area contributed by atoms with Crippen molar-refractivity contribution in [1.29, 1.82) is 0 Å². The molecule has 0 saturated carbocycles. The van der Waals surface area contributed by atoms with Crippen LogP contribution in [-0.4, -0.2) is 39.0 Å². The van der Waals surface area contributed by atoms with Gasteiger partial charge in [0.25, 0.3) is 0 Å². The van der Waals surface area contributed by atoms with E-state index in [-0.39, 0.29) is 0 Å². The van der Waals surface area contributed by atoms with Crippen molar-refractivity contribution in [2.45, 2.75) is 0 Å². The topological polar surface area (TPSA) is 87.2 Å². The van der Waals surface area contributed by atoms with Gasteiger partial charge in [0.05, 0.1) is 27.8 Å². The van der Waals surface area contributed by atoms with Gasteiger partial charge in [-0.3, -0.25) is 0 Å². The number of fused-ring (bicyclic) bond motifs is 7. The van der Waals surface area contributed by atoms with E-state index >= 15 is 0 Å². The largest absolute Gasteiger partial charge is 0.309 e. The Kier molecular flexibility index (Phi) is 9.31. The molecule has 318 valence electrons. The van der Waals surface area contributed by atoms with Crippen LogP contribution in [-0.2, 0) is 0 Å². The van der Waals surface area contributed by atoms with Crippen molar-refractivity contribution in [3.8, 4) is 79.7 Å². The van der Waals surface area contributed by atoms with Crippen LogP contribution < -0.4 is 0 Å². The molecule has 0 amide bonds. The van der Waals surface area contributed by atoms with Crippen molar-refractivity contribution in [2.75, 3.05) is 0 Å². The summed E-state index contributed by atoms with van der Waals surface area (Å²) < 4.78 is 4.77. The van der Waals surface area contributed by atoms with Crippen molar-refractivity contribution in [3.05, 3.63) is 231 Å². The highest BCUT2D eigenvalue weighted by Crippen LogP contribution is 2.44. The molecule has 0 N–H and O–H groups in total. The number of nitrogens with zero attached hydrogens (tertiary/aromatic N) is 8. The zero-order valence-corrected chi connectivity index (χ0v) is 36.5. The van der Waals surface area contributed by atoms with E-state index in [0.29, 0.717) is 34.9 Å². The number of rotatable bonds is 8. The summed E-state index contributed by atoms with van der Waals surface area (Å²) in [7, 11) is 0. The second-order valence-electron chi connectivity index (χ2n) is 16.7. The number of hydrogen-bond acceptors (Lipinski definition) is 6. The monoisotopic (exact) mass is 870 g/mol. The summed E-state index contributed by atoms with van der Waals surface area (Å²) in [4.78, 5) is 31.2. The number of benzene rings is 9. The van der Waals surface area contributed by atoms with E-state index in [1.165, 1.54) is 0 Å². The van der Waals surface area contributed by atoms with Crippen molar-refractivity contribution in [3.63, 3.8) is 0 Å². The Morgan fingerprint density at radius 2 is 0.676 bits per heavy atom. The van der Waals surface area contributed by atoms with Crippen molar-refractivity contribution in [1.82, 2.24) is 39.0 Å². The first-order chi connectivity index (χ1) is 33.7. The van der Waals surface area contributed by atoms with Crippen LogP contribution in [0.4, 0.5) is 0 Å². The Bertz CT molecular complexity index is 3890. The minimum atomic E-state index is 0.514. The van der Waals surface area contributed by atoms with Gasteiger partial charge in [0.1, 0.15) is 0 Å². The quantitative estimate of drug-likeness (QED) is 0.151. The predicted octanol–water partition coefficient (Wildman–Crippen LogP) is 14.3. The van der Waals surface area contributed by atoms with Crippen LogP contribution in [0.2, 0.25) is 0 Å². The van der Waals surface area contributed by atoms with Crippen LogP contribution in [0.25, 0.3) is 123 Å². The van der Waals surface area contributed by atoms with E-state index in [2.05, 4.69) is 118 Å². The molecular weight excluding hydrogens is 833 g/mol. The van der Waals surface area contributed by atoms with Gasteiger partial charge in [0.2, 0.25) is 0 Å². The van der Waals surface area contributed by atoms with Crippen LogP contribution in [0.3, 0.4) is 0 Å². The zero-order valence-electron chi connectivity index (χ0n) is 36.5. The minimum absolute atomic E-state index is 0.514. The molecule has 8 heteroatoms. The lowest BCUT2D eigenvalue weighted by atomic mass is 10.0. The van der Waals surface area contributed by atoms with E-state index in [0.717, 1.165) is 88.4 Å². The van der Waals surface area contributed by atoms with Gasteiger partial charge >= 0.3 is 0 Å². The van der Waals surface area contributed by atoms with E-state index in [1.54, 1.807) is 0 Å². The maximum absolute atomic E-state index is 5.36. The fraction of sp³-hybridized carbons (Fsp3) is 0. The van der Waals surface area contributed by atoms with Crippen LogP contribution >= 0.6 is 0 Å². The Hall–Kier alpha value is -9.40. The standard InChI is InChI=1S/C60H38N8/c1-6-20-39(21-7-1)55-61-56(40-22-8-2-9-23-40)64-59(63-55)43-34-36-51(48(38-43)60-65-57(41-24-10-3-11-25-41)62-58(66-60)42-26-12-4-13-27-42)68-49-32-18-16-30-45(49)46-35-37-52-53(54(46)68)47-31-17-19-33-50(47)67(52)44-28-14-5-15-29-44/h1-38H. The molecule has 0 spiro atoms. The summed E-state index contributed by atoms with van der Waals surface area (Å²) in [5, 5.41) is 4.58. The highest BCUT2D eigenvalue weighted by molar-refractivity contribution is 6.26. The fourth-order valence-corrected chi connectivity index (χ4v) is 9.53. The first-order valence-corrected chi connectivity index (χ1v) is 22.6. The molecule has 4 aromatic heterocycles. The second-order valence-corrected chi connectivity index (χ2v) is 16.7. The third kappa shape index (κ3) is 6.62.